The van der Waals surface area contributed by atoms with Gasteiger partial charge in [0.25, 0.3) is 0 Å². The Labute approximate surface area is 127 Å². The molecular formula is C16H16INO. The summed E-state index contributed by atoms with van der Waals surface area (Å²) in [6.07, 6.45) is 0. The van der Waals surface area contributed by atoms with E-state index in [4.69, 9.17) is 4.42 Å². The summed E-state index contributed by atoms with van der Waals surface area (Å²) in [6, 6.07) is 16.4. The van der Waals surface area contributed by atoms with Crippen molar-refractivity contribution in [3.63, 3.8) is 0 Å². The third-order valence-electron chi connectivity index (χ3n) is 2.60. The number of fused-ring (bicyclic) bond motifs is 1. The average molecular weight is 365 g/mol. The van der Waals surface area contributed by atoms with Crippen molar-refractivity contribution < 1.29 is 4.42 Å². The van der Waals surface area contributed by atoms with Crippen LogP contribution in [-0.4, -0.2) is 9.41 Å². The van der Waals surface area contributed by atoms with E-state index in [-0.39, 0.29) is 0 Å². The predicted molar refractivity (Wildman–Crippen MR) is 88.7 cm³/mol. The Bertz CT molecular complexity index is 646. The second-order valence-electron chi connectivity index (χ2n) is 4.05. The quantitative estimate of drug-likeness (QED) is 0.435. The van der Waals surface area contributed by atoms with Crippen LogP contribution in [0.2, 0.25) is 0 Å². The normalized spacial score (nSPS) is 10.1. The third-order valence-corrected chi connectivity index (χ3v) is 2.60. The third kappa shape index (κ3) is 3.56. The van der Waals surface area contributed by atoms with Crippen molar-refractivity contribution in [2.45, 2.75) is 13.8 Å². The van der Waals surface area contributed by atoms with E-state index < -0.39 is 0 Å². The predicted octanol–water partition coefficient (Wildman–Crippen LogP) is 5.24. The van der Waals surface area contributed by atoms with Crippen molar-refractivity contribution in [2.75, 3.05) is 4.43 Å². The topological polar surface area (TPSA) is 26.0 Å². The molecule has 0 aliphatic carbocycles. The highest BCUT2D eigenvalue weighted by molar-refractivity contribution is 14.1. The van der Waals surface area contributed by atoms with E-state index in [0.717, 1.165) is 16.7 Å². The molecule has 0 spiro atoms. The van der Waals surface area contributed by atoms with Gasteiger partial charge in [0, 0.05) is 6.92 Å². The van der Waals surface area contributed by atoms with Crippen LogP contribution in [-0.2, 0) is 0 Å². The molecule has 0 saturated heterocycles. The highest BCUT2D eigenvalue weighted by Gasteiger charge is 2.03. The summed E-state index contributed by atoms with van der Waals surface area (Å²) in [7, 11) is 0. The van der Waals surface area contributed by atoms with E-state index in [9.17, 15) is 0 Å². The summed E-state index contributed by atoms with van der Waals surface area (Å²) in [4.78, 5) is 4.28. The van der Waals surface area contributed by atoms with Crippen molar-refractivity contribution in [1.29, 1.82) is 0 Å². The van der Waals surface area contributed by atoms with E-state index in [1.807, 2.05) is 37.3 Å². The van der Waals surface area contributed by atoms with Gasteiger partial charge in [-0.2, -0.15) is 0 Å². The molecule has 0 bridgehead atoms. The largest absolute Gasteiger partial charge is 0.441 e. The fourth-order valence-electron chi connectivity index (χ4n) is 1.85. The maximum Gasteiger partial charge on any atom is 0.192 e. The van der Waals surface area contributed by atoms with Crippen LogP contribution in [0.25, 0.3) is 22.2 Å². The Morgan fingerprint density at radius 2 is 1.74 bits per heavy atom. The molecule has 0 amide bonds. The van der Waals surface area contributed by atoms with Crippen molar-refractivity contribution >= 4 is 33.7 Å². The maximum atomic E-state index is 5.52. The van der Waals surface area contributed by atoms with Crippen LogP contribution in [0.15, 0.2) is 52.9 Å². The molecule has 19 heavy (non-hydrogen) atoms. The first-order valence-electron chi connectivity index (χ1n) is 6.23. The van der Waals surface area contributed by atoms with Gasteiger partial charge in [0.15, 0.2) is 11.5 Å². The van der Waals surface area contributed by atoms with Crippen LogP contribution < -0.4 is 0 Å². The van der Waals surface area contributed by atoms with Gasteiger partial charge in [-0.1, -0.05) is 65.9 Å². The Kier molecular flexibility index (Phi) is 4.96. The standard InChI is InChI=1S/C14H11NO.C2H5I/c1-10-15-13-8-7-12(9-14(13)16-10)11-5-3-2-4-6-11;1-2-3/h2-9H,1H3;2H2,1H3. The lowest BCUT2D eigenvalue weighted by Gasteiger charge is -1.99. The van der Waals surface area contributed by atoms with Gasteiger partial charge in [-0.15, -0.1) is 0 Å². The molecule has 0 saturated carbocycles. The average Bonchev–Trinajstić information content (AvgIpc) is 2.79. The molecule has 2 aromatic carbocycles. The minimum Gasteiger partial charge on any atom is -0.441 e. The summed E-state index contributed by atoms with van der Waals surface area (Å²) < 4.78 is 6.74. The molecule has 0 unspecified atom stereocenters. The number of nitrogens with zero attached hydrogens (tertiary/aromatic N) is 1. The summed E-state index contributed by atoms with van der Waals surface area (Å²) in [5.74, 6) is 0.709. The van der Waals surface area contributed by atoms with E-state index >= 15 is 0 Å². The number of halogens is 1. The van der Waals surface area contributed by atoms with Crippen LogP contribution in [0.1, 0.15) is 12.8 Å². The second-order valence-corrected chi connectivity index (χ2v) is 5.57. The van der Waals surface area contributed by atoms with Crippen molar-refractivity contribution in [1.82, 2.24) is 4.98 Å². The minimum atomic E-state index is 0.709. The molecule has 3 rings (SSSR count). The molecule has 98 valence electrons. The van der Waals surface area contributed by atoms with Crippen LogP contribution in [0.4, 0.5) is 0 Å². The number of alkyl halides is 1. The van der Waals surface area contributed by atoms with Gasteiger partial charge in [0.2, 0.25) is 0 Å². The van der Waals surface area contributed by atoms with Crippen molar-refractivity contribution in [3.8, 4) is 11.1 Å². The van der Waals surface area contributed by atoms with Crippen LogP contribution in [0.5, 0.6) is 0 Å². The summed E-state index contributed by atoms with van der Waals surface area (Å²) in [6.45, 7) is 3.97. The first kappa shape index (κ1) is 14.1. The van der Waals surface area contributed by atoms with E-state index in [1.54, 1.807) is 0 Å². The number of oxazole rings is 1. The van der Waals surface area contributed by atoms with Crippen LogP contribution in [0, 0.1) is 6.92 Å². The lowest BCUT2D eigenvalue weighted by Crippen LogP contribution is -1.76. The zero-order valence-electron chi connectivity index (χ0n) is 11.1. The number of aryl methyl sites for hydroxylation is 1. The van der Waals surface area contributed by atoms with Crippen LogP contribution in [0.3, 0.4) is 0 Å². The molecule has 0 fully saturated rings. The number of hydrogen-bond donors (Lipinski definition) is 0. The number of hydrogen-bond acceptors (Lipinski definition) is 2. The number of aromatic nitrogens is 1. The minimum absolute atomic E-state index is 0.709. The first-order valence-corrected chi connectivity index (χ1v) is 7.75. The lowest BCUT2D eigenvalue weighted by atomic mass is 10.1. The highest BCUT2D eigenvalue weighted by atomic mass is 127. The SMILES string of the molecule is CCI.Cc1nc2ccc(-c3ccccc3)cc2o1. The molecule has 2 nitrogen and oxygen atoms in total. The van der Waals surface area contributed by atoms with Gasteiger partial charge in [-0.05, 0) is 27.7 Å². The van der Waals surface area contributed by atoms with E-state index in [2.05, 4.69) is 52.7 Å². The van der Waals surface area contributed by atoms with Gasteiger partial charge in [0.05, 0.1) is 0 Å². The Morgan fingerprint density at radius 3 is 2.42 bits per heavy atom. The second kappa shape index (κ2) is 6.70. The Hall–Kier alpha value is -1.36. The van der Waals surface area contributed by atoms with E-state index in [0.29, 0.717) is 5.89 Å². The van der Waals surface area contributed by atoms with Crippen molar-refractivity contribution in [3.05, 3.63) is 54.4 Å². The fourth-order valence-corrected chi connectivity index (χ4v) is 1.85. The molecule has 1 aromatic heterocycles. The Morgan fingerprint density at radius 1 is 1.05 bits per heavy atom. The number of rotatable bonds is 1. The molecule has 3 aromatic rings. The van der Waals surface area contributed by atoms with E-state index in [1.165, 1.54) is 9.99 Å². The van der Waals surface area contributed by atoms with Gasteiger partial charge in [0.1, 0.15) is 5.52 Å². The smallest absolute Gasteiger partial charge is 0.192 e. The maximum absolute atomic E-state index is 5.52. The molecule has 0 aliphatic rings. The first-order chi connectivity index (χ1) is 9.24. The molecule has 0 radical (unpaired) electrons. The monoisotopic (exact) mass is 365 g/mol. The molecule has 0 N–H and O–H groups in total. The highest BCUT2D eigenvalue weighted by Crippen LogP contribution is 2.24. The molecule has 0 atom stereocenters. The summed E-state index contributed by atoms with van der Waals surface area (Å²) >= 11 is 2.29. The van der Waals surface area contributed by atoms with Gasteiger partial charge < -0.3 is 4.42 Å². The fraction of sp³-hybridized carbons (Fsp3) is 0.188. The number of benzene rings is 2. The zero-order valence-corrected chi connectivity index (χ0v) is 13.2. The summed E-state index contributed by atoms with van der Waals surface area (Å²) in [5.41, 5.74) is 4.11. The van der Waals surface area contributed by atoms with Crippen LogP contribution >= 0.6 is 22.6 Å². The zero-order chi connectivity index (χ0) is 13.7. The van der Waals surface area contributed by atoms with Crippen molar-refractivity contribution in [2.24, 2.45) is 0 Å². The van der Waals surface area contributed by atoms with Gasteiger partial charge in [-0.25, -0.2) is 4.98 Å². The lowest BCUT2D eigenvalue weighted by molar-refractivity contribution is 0.561. The Balaban J connectivity index is 0.000000408. The summed E-state index contributed by atoms with van der Waals surface area (Å²) in [5, 5.41) is 0. The van der Waals surface area contributed by atoms with Gasteiger partial charge >= 0.3 is 0 Å². The molecule has 0 aliphatic heterocycles. The van der Waals surface area contributed by atoms with Gasteiger partial charge in [-0.3, -0.25) is 0 Å². The molecular weight excluding hydrogens is 349 g/mol. The molecule has 1 heterocycles. The molecule has 3 heteroatoms.